The van der Waals surface area contributed by atoms with E-state index < -0.39 is 0 Å². The Morgan fingerprint density at radius 1 is 1.10 bits per heavy atom. The molecule has 4 nitrogen and oxygen atoms in total. The summed E-state index contributed by atoms with van der Waals surface area (Å²) in [6.45, 7) is 3.87. The van der Waals surface area contributed by atoms with Gasteiger partial charge in [-0.3, -0.25) is 9.59 Å². The summed E-state index contributed by atoms with van der Waals surface area (Å²) in [6.07, 6.45) is 0.806. The Morgan fingerprint density at radius 2 is 1.71 bits per heavy atom. The summed E-state index contributed by atoms with van der Waals surface area (Å²) in [7, 11) is 0. The molecule has 2 rings (SSSR count). The van der Waals surface area contributed by atoms with E-state index >= 15 is 0 Å². The highest BCUT2D eigenvalue weighted by Crippen LogP contribution is 2.17. The minimum Gasteiger partial charge on any atom is -0.326 e. The Bertz CT molecular complexity index is 606. The monoisotopic (exact) mass is 302 g/mol. The third-order valence-corrected chi connectivity index (χ3v) is 4.08. The van der Waals surface area contributed by atoms with Crippen LogP contribution in [0.25, 0.3) is 0 Å². The van der Waals surface area contributed by atoms with Crippen LogP contribution in [0.1, 0.15) is 29.9 Å². The van der Waals surface area contributed by atoms with Crippen LogP contribution in [-0.4, -0.2) is 11.8 Å². The molecule has 0 aliphatic heterocycles. The van der Waals surface area contributed by atoms with Gasteiger partial charge in [-0.05, 0) is 42.1 Å². The van der Waals surface area contributed by atoms with Gasteiger partial charge in [0, 0.05) is 17.3 Å². The third-order valence-electron chi connectivity index (χ3n) is 3.22. The molecule has 0 aliphatic rings. The van der Waals surface area contributed by atoms with Crippen LogP contribution in [0.15, 0.2) is 41.8 Å². The summed E-state index contributed by atoms with van der Waals surface area (Å²) >= 11 is 1.40. The van der Waals surface area contributed by atoms with Gasteiger partial charge >= 0.3 is 0 Å². The first-order chi connectivity index (χ1) is 10.1. The Balaban J connectivity index is 1.96. The molecular weight excluding hydrogens is 284 g/mol. The zero-order chi connectivity index (χ0) is 15.2. The van der Waals surface area contributed by atoms with Gasteiger partial charge in [-0.2, -0.15) is 0 Å². The molecule has 0 unspecified atom stereocenters. The number of rotatable bonds is 5. The molecule has 1 atom stereocenters. The van der Waals surface area contributed by atoms with Crippen LogP contribution in [0.5, 0.6) is 0 Å². The lowest BCUT2D eigenvalue weighted by Gasteiger charge is -2.10. The van der Waals surface area contributed by atoms with Crippen LogP contribution in [0.3, 0.4) is 0 Å². The molecule has 0 spiro atoms. The smallest absolute Gasteiger partial charge is 0.265 e. The maximum absolute atomic E-state index is 11.9. The minimum absolute atomic E-state index is 0.00729. The Morgan fingerprint density at radius 3 is 2.24 bits per heavy atom. The molecule has 0 saturated carbocycles. The number of carbonyl (C=O) groups excluding carboxylic acids is 2. The molecule has 110 valence electrons. The van der Waals surface area contributed by atoms with E-state index in [2.05, 4.69) is 10.6 Å². The minimum atomic E-state index is -0.124. The van der Waals surface area contributed by atoms with Gasteiger partial charge in [-0.1, -0.05) is 19.9 Å². The highest BCUT2D eigenvalue weighted by Gasteiger charge is 2.11. The molecule has 2 N–H and O–H groups in total. The summed E-state index contributed by atoms with van der Waals surface area (Å²) in [6, 6.07) is 10.7. The fourth-order valence-electron chi connectivity index (χ4n) is 1.69. The first kappa shape index (κ1) is 15.3. The van der Waals surface area contributed by atoms with E-state index in [1.165, 1.54) is 11.3 Å². The first-order valence-electron chi connectivity index (χ1n) is 6.86. The van der Waals surface area contributed by atoms with Gasteiger partial charge in [0.1, 0.15) is 0 Å². The number of hydrogen-bond donors (Lipinski definition) is 2. The fourth-order valence-corrected chi connectivity index (χ4v) is 2.31. The quantitative estimate of drug-likeness (QED) is 0.877. The first-order valence-corrected chi connectivity index (χ1v) is 7.74. The van der Waals surface area contributed by atoms with Crippen LogP contribution >= 0.6 is 11.3 Å². The van der Waals surface area contributed by atoms with Crippen molar-refractivity contribution in [1.29, 1.82) is 0 Å². The molecule has 0 bridgehead atoms. The van der Waals surface area contributed by atoms with Gasteiger partial charge in [0.25, 0.3) is 5.91 Å². The summed E-state index contributed by atoms with van der Waals surface area (Å²) in [5, 5.41) is 7.53. The van der Waals surface area contributed by atoms with Crippen LogP contribution in [-0.2, 0) is 4.79 Å². The van der Waals surface area contributed by atoms with E-state index in [-0.39, 0.29) is 17.7 Å². The van der Waals surface area contributed by atoms with Crippen molar-refractivity contribution in [1.82, 2.24) is 0 Å². The lowest BCUT2D eigenvalue weighted by atomic mass is 10.1. The molecule has 2 aromatic rings. The molecule has 2 amide bonds. The van der Waals surface area contributed by atoms with Gasteiger partial charge in [0.15, 0.2) is 0 Å². The Hall–Kier alpha value is -2.14. The molecule has 0 aliphatic carbocycles. The van der Waals surface area contributed by atoms with Crippen LogP contribution < -0.4 is 10.6 Å². The molecule has 1 heterocycles. The number of nitrogens with one attached hydrogen (secondary N) is 2. The average molecular weight is 302 g/mol. The maximum Gasteiger partial charge on any atom is 0.265 e. The molecule has 5 heteroatoms. The SMILES string of the molecule is CC[C@H](C)C(=O)Nc1ccc(NC(=O)c2cccs2)cc1. The van der Waals surface area contributed by atoms with Crippen molar-refractivity contribution in [2.45, 2.75) is 20.3 Å². The highest BCUT2D eigenvalue weighted by molar-refractivity contribution is 7.12. The molecule has 0 saturated heterocycles. The van der Waals surface area contributed by atoms with Crippen molar-refractivity contribution in [3.8, 4) is 0 Å². The second-order valence-corrected chi connectivity index (χ2v) is 5.76. The Labute approximate surface area is 128 Å². The van der Waals surface area contributed by atoms with Crippen LogP contribution in [0.2, 0.25) is 0 Å². The lowest BCUT2D eigenvalue weighted by molar-refractivity contribution is -0.119. The van der Waals surface area contributed by atoms with E-state index in [9.17, 15) is 9.59 Å². The van der Waals surface area contributed by atoms with E-state index in [1.54, 1.807) is 30.3 Å². The van der Waals surface area contributed by atoms with Crippen molar-refractivity contribution >= 4 is 34.5 Å². The zero-order valence-electron chi connectivity index (χ0n) is 12.1. The number of benzene rings is 1. The second-order valence-electron chi connectivity index (χ2n) is 4.81. The largest absolute Gasteiger partial charge is 0.326 e. The maximum atomic E-state index is 11.9. The van der Waals surface area contributed by atoms with Crippen molar-refractivity contribution in [2.24, 2.45) is 5.92 Å². The summed E-state index contributed by atoms with van der Waals surface area (Å²) in [4.78, 5) is 24.3. The number of anilines is 2. The van der Waals surface area contributed by atoms with Gasteiger partial charge in [0.2, 0.25) is 5.91 Å². The number of hydrogen-bond acceptors (Lipinski definition) is 3. The molecule has 0 radical (unpaired) electrons. The van der Waals surface area contributed by atoms with Crippen molar-refractivity contribution < 1.29 is 9.59 Å². The fraction of sp³-hybridized carbons (Fsp3) is 0.250. The second kappa shape index (κ2) is 7.04. The number of amides is 2. The summed E-state index contributed by atoms with van der Waals surface area (Å²) in [5.41, 5.74) is 1.43. The van der Waals surface area contributed by atoms with Crippen molar-refractivity contribution in [2.75, 3.05) is 10.6 Å². The van der Waals surface area contributed by atoms with Gasteiger partial charge in [0.05, 0.1) is 4.88 Å². The summed E-state index contributed by atoms with van der Waals surface area (Å²) < 4.78 is 0. The van der Waals surface area contributed by atoms with Gasteiger partial charge in [-0.25, -0.2) is 0 Å². The average Bonchev–Trinajstić information content (AvgIpc) is 3.02. The van der Waals surface area contributed by atoms with Crippen LogP contribution in [0.4, 0.5) is 11.4 Å². The molecule has 21 heavy (non-hydrogen) atoms. The van der Waals surface area contributed by atoms with E-state index in [1.807, 2.05) is 25.3 Å². The molecular formula is C16H18N2O2S. The standard InChI is InChI=1S/C16H18N2O2S/c1-3-11(2)15(19)17-12-6-8-13(9-7-12)18-16(20)14-5-4-10-21-14/h4-11H,3H2,1-2H3,(H,17,19)(H,18,20)/t11-/m0/s1. The topological polar surface area (TPSA) is 58.2 Å². The predicted octanol–water partition coefficient (Wildman–Crippen LogP) is 3.99. The lowest BCUT2D eigenvalue weighted by Crippen LogP contribution is -2.19. The molecule has 1 aromatic heterocycles. The highest BCUT2D eigenvalue weighted by atomic mass is 32.1. The molecule has 1 aromatic carbocycles. The van der Waals surface area contributed by atoms with Gasteiger partial charge < -0.3 is 10.6 Å². The van der Waals surface area contributed by atoms with Crippen molar-refractivity contribution in [3.05, 3.63) is 46.7 Å². The summed E-state index contributed by atoms with van der Waals surface area (Å²) in [5.74, 6) is -0.127. The number of thiophene rings is 1. The Kier molecular flexibility index (Phi) is 5.11. The van der Waals surface area contributed by atoms with E-state index in [4.69, 9.17) is 0 Å². The normalized spacial score (nSPS) is 11.7. The predicted molar refractivity (Wildman–Crippen MR) is 86.8 cm³/mol. The third kappa shape index (κ3) is 4.16. The van der Waals surface area contributed by atoms with E-state index in [0.717, 1.165) is 12.1 Å². The molecule has 0 fully saturated rings. The number of carbonyl (C=O) groups is 2. The zero-order valence-corrected chi connectivity index (χ0v) is 12.9. The van der Waals surface area contributed by atoms with Gasteiger partial charge in [-0.15, -0.1) is 11.3 Å². The van der Waals surface area contributed by atoms with Crippen molar-refractivity contribution in [3.63, 3.8) is 0 Å². The van der Waals surface area contributed by atoms with Crippen LogP contribution in [0, 0.1) is 5.92 Å². The van der Waals surface area contributed by atoms with E-state index in [0.29, 0.717) is 10.6 Å².